The van der Waals surface area contributed by atoms with Gasteiger partial charge in [0.25, 0.3) is 5.91 Å². The fraction of sp³-hybridized carbons (Fsp3) is 0.455. The van der Waals surface area contributed by atoms with E-state index in [4.69, 9.17) is 4.42 Å². The number of amides is 1. The summed E-state index contributed by atoms with van der Waals surface area (Å²) in [7, 11) is 0. The zero-order valence-corrected chi connectivity index (χ0v) is 15.6. The number of rotatable bonds is 2. The lowest BCUT2D eigenvalue weighted by Crippen LogP contribution is -2.59. The largest absolute Gasteiger partial charge is 0.456 e. The highest BCUT2D eigenvalue weighted by atomic mass is 16.3. The molecular formula is C22H25NO4. The molecule has 2 aromatic rings. The van der Waals surface area contributed by atoms with Crippen molar-refractivity contribution in [3.05, 3.63) is 69.8 Å². The first-order valence-corrected chi connectivity index (χ1v) is 9.70. The first-order chi connectivity index (χ1) is 13.0. The maximum Gasteiger partial charge on any atom is 0.289 e. The Labute approximate surface area is 158 Å². The van der Waals surface area contributed by atoms with Crippen molar-refractivity contribution in [2.45, 2.75) is 50.7 Å². The molecule has 3 atom stereocenters. The first-order valence-electron chi connectivity index (χ1n) is 9.70. The van der Waals surface area contributed by atoms with Crippen molar-refractivity contribution >= 4 is 5.91 Å². The Morgan fingerprint density at radius 3 is 2.67 bits per heavy atom. The van der Waals surface area contributed by atoms with E-state index in [0.717, 1.165) is 31.2 Å². The molecule has 1 saturated heterocycles. The number of piperidine rings is 1. The smallest absolute Gasteiger partial charge is 0.289 e. The number of carbonyl (C=O) groups is 1. The van der Waals surface area contributed by atoms with Crippen LogP contribution in [0.15, 0.2) is 51.7 Å². The molecule has 1 saturated carbocycles. The van der Waals surface area contributed by atoms with Gasteiger partial charge in [0.15, 0.2) is 11.2 Å². The summed E-state index contributed by atoms with van der Waals surface area (Å²) in [6, 6.07) is 12.4. The number of aliphatic hydroxyl groups is 1. The number of hydrogen-bond acceptors (Lipinski definition) is 4. The van der Waals surface area contributed by atoms with E-state index in [2.05, 4.69) is 0 Å². The van der Waals surface area contributed by atoms with Gasteiger partial charge in [-0.3, -0.25) is 9.59 Å². The third-order valence-electron chi connectivity index (χ3n) is 6.11. The summed E-state index contributed by atoms with van der Waals surface area (Å²) < 4.78 is 5.54. The molecule has 0 bridgehead atoms. The average molecular weight is 367 g/mol. The molecule has 5 nitrogen and oxygen atoms in total. The summed E-state index contributed by atoms with van der Waals surface area (Å²) in [5.74, 6) is 0.268. The van der Waals surface area contributed by atoms with Crippen LogP contribution in [0.2, 0.25) is 0 Å². The molecule has 142 valence electrons. The topological polar surface area (TPSA) is 70.8 Å². The van der Waals surface area contributed by atoms with E-state index in [1.807, 2.05) is 35.2 Å². The third kappa shape index (κ3) is 3.21. The molecule has 2 aliphatic rings. The fourth-order valence-corrected chi connectivity index (χ4v) is 4.87. The van der Waals surface area contributed by atoms with Crippen molar-refractivity contribution in [3.63, 3.8) is 0 Å². The molecule has 1 aliphatic carbocycles. The Balaban J connectivity index is 1.67. The van der Waals surface area contributed by atoms with Crippen molar-refractivity contribution in [1.29, 1.82) is 0 Å². The number of likely N-dealkylation sites (tertiary alicyclic amines) is 1. The van der Waals surface area contributed by atoms with Crippen molar-refractivity contribution in [1.82, 2.24) is 4.90 Å². The Bertz CT molecular complexity index is 891. The minimum atomic E-state index is -0.920. The minimum Gasteiger partial charge on any atom is -0.456 e. The highest BCUT2D eigenvalue weighted by Crippen LogP contribution is 2.47. The molecule has 0 radical (unpaired) electrons. The second-order valence-corrected chi connectivity index (χ2v) is 7.77. The average Bonchev–Trinajstić information content (AvgIpc) is 2.68. The molecule has 1 amide bonds. The molecule has 1 aromatic carbocycles. The van der Waals surface area contributed by atoms with Gasteiger partial charge in [-0.2, -0.15) is 0 Å². The van der Waals surface area contributed by atoms with Crippen molar-refractivity contribution < 1.29 is 14.3 Å². The molecule has 1 N–H and O–H groups in total. The lowest BCUT2D eigenvalue weighted by atomic mass is 9.66. The maximum absolute atomic E-state index is 13.1. The molecule has 4 rings (SSSR count). The van der Waals surface area contributed by atoms with E-state index in [9.17, 15) is 14.7 Å². The Morgan fingerprint density at radius 2 is 1.93 bits per heavy atom. The molecule has 1 aromatic heterocycles. The van der Waals surface area contributed by atoms with Gasteiger partial charge in [-0.05, 0) is 31.7 Å². The first kappa shape index (κ1) is 18.0. The van der Waals surface area contributed by atoms with Gasteiger partial charge >= 0.3 is 0 Å². The summed E-state index contributed by atoms with van der Waals surface area (Å²) in [6.07, 6.45) is 4.32. The second kappa shape index (κ2) is 6.97. The van der Waals surface area contributed by atoms with Gasteiger partial charge in [0, 0.05) is 30.6 Å². The normalized spacial score (nSPS) is 27.9. The predicted octanol–water partition coefficient (Wildman–Crippen LogP) is 3.24. The maximum atomic E-state index is 13.1. The Kier molecular flexibility index (Phi) is 4.64. The van der Waals surface area contributed by atoms with E-state index >= 15 is 0 Å². The van der Waals surface area contributed by atoms with Crippen LogP contribution in [0, 0.1) is 12.8 Å². The summed E-state index contributed by atoms with van der Waals surface area (Å²) in [6.45, 7) is 2.12. The molecule has 3 unspecified atom stereocenters. The predicted molar refractivity (Wildman–Crippen MR) is 101 cm³/mol. The van der Waals surface area contributed by atoms with Crippen molar-refractivity contribution in [2.24, 2.45) is 5.92 Å². The van der Waals surface area contributed by atoms with Crippen LogP contribution in [0.1, 0.15) is 54.0 Å². The molecule has 0 spiro atoms. The van der Waals surface area contributed by atoms with Gasteiger partial charge in [0.2, 0.25) is 0 Å². The van der Waals surface area contributed by atoms with E-state index in [1.165, 1.54) is 12.1 Å². The van der Waals surface area contributed by atoms with Crippen LogP contribution < -0.4 is 5.43 Å². The van der Waals surface area contributed by atoms with Gasteiger partial charge in [-0.15, -0.1) is 0 Å². The van der Waals surface area contributed by atoms with Crippen LogP contribution in [0.25, 0.3) is 0 Å². The van der Waals surface area contributed by atoms with E-state index in [0.29, 0.717) is 18.7 Å². The standard InChI is InChI=1S/C22H25NO4/c1-15-13-17(24)14-20(27-15)21(25)23-12-11-22(26,16-7-3-2-4-8-16)18-9-5-6-10-19(18)23/h2-4,7-8,13-14,18-19,26H,5-6,9-12H2,1H3. The molecule has 2 fully saturated rings. The van der Waals surface area contributed by atoms with Crippen LogP contribution in [0.4, 0.5) is 0 Å². The fourth-order valence-electron chi connectivity index (χ4n) is 4.87. The second-order valence-electron chi connectivity index (χ2n) is 7.77. The summed E-state index contributed by atoms with van der Waals surface area (Å²) in [5.41, 5.74) is -0.215. The van der Waals surface area contributed by atoms with Crippen LogP contribution in [0.5, 0.6) is 0 Å². The van der Waals surface area contributed by atoms with Gasteiger partial charge < -0.3 is 14.4 Å². The summed E-state index contributed by atoms with van der Waals surface area (Å²) in [5, 5.41) is 11.6. The number of carbonyl (C=O) groups excluding carboxylic acids is 1. The SMILES string of the molecule is Cc1cc(=O)cc(C(=O)N2CCC(O)(c3ccccc3)C3CCCCC32)o1. The molecule has 5 heteroatoms. The zero-order valence-electron chi connectivity index (χ0n) is 15.6. The van der Waals surface area contributed by atoms with Gasteiger partial charge in [0.1, 0.15) is 5.76 Å². The number of nitrogens with zero attached hydrogens (tertiary/aromatic N) is 1. The van der Waals surface area contributed by atoms with E-state index in [-0.39, 0.29) is 29.1 Å². The Morgan fingerprint density at radius 1 is 1.19 bits per heavy atom. The lowest BCUT2D eigenvalue weighted by Gasteiger charge is -2.52. The summed E-state index contributed by atoms with van der Waals surface area (Å²) in [4.78, 5) is 26.7. The zero-order chi connectivity index (χ0) is 19.0. The molecule has 1 aliphatic heterocycles. The minimum absolute atomic E-state index is 0.0112. The molecular weight excluding hydrogens is 342 g/mol. The number of benzene rings is 1. The van der Waals surface area contributed by atoms with Gasteiger partial charge in [0.05, 0.1) is 5.60 Å². The van der Waals surface area contributed by atoms with Gasteiger partial charge in [-0.25, -0.2) is 0 Å². The van der Waals surface area contributed by atoms with Crippen LogP contribution in [-0.4, -0.2) is 28.5 Å². The van der Waals surface area contributed by atoms with Crippen LogP contribution >= 0.6 is 0 Å². The molecule has 2 heterocycles. The highest BCUT2D eigenvalue weighted by Gasteiger charge is 2.50. The van der Waals surface area contributed by atoms with Crippen LogP contribution in [0.3, 0.4) is 0 Å². The quantitative estimate of drug-likeness (QED) is 0.885. The van der Waals surface area contributed by atoms with Crippen molar-refractivity contribution in [3.8, 4) is 0 Å². The van der Waals surface area contributed by atoms with Crippen molar-refractivity contribution in [2.75, 3.05) is 6.54 Å². The summed E-state index contributed by atoms with van der Waals surface area (Å²) >= 11 is 0. The van der Waals surface area contributed by atoms with Crippen LogP contribution in [-0.2, 0) is 5.60 Å². The number of fused-ring (bicyclic) bond motifs is 1. The van der Waals surface area contributed by atoms with E-state index in [1.54, 1.807) is 6.92 Å². The van der Waals surface area contributed by atoms with Gasteiger partial charge in [-0.1, -0.05) is 43.2 Å². The Hall–Kier alpha value is -2.40. The number of aryl methyl sites for hydroxylation is 1. The number of hydrogen-bond donors (Lipinski definition) is 1. The third-order valence-corrected chi connectivity index (χ3v) is 6.11. The lowest BCUT2D eigenvalue weighted by molar-refractivity contribution is -0.110. The van der Waals surface area contributed by atoms with E-state index < -0.39 is 5.60 Å². The molecule has 27 heavy (non-hydrogen) atoms. The monoisotopic (exact) mass is 367 g/mol. The highest BCUT2D eigenvalue weighted by molar-refractivity contribution is 5.91.